The lowest BCUT2D eigenvalue weighted by Crippen LogP contribution is -2.51. The fourth-order valence-electron chi connectivity index (χ4n) is 1.53. The van der Waals surface area contributed by atoms with E-state index in [0.717, 1.165) is 31.2 Å². The van der Waals surface area contributed by atoms with Gasteiger partial charge in [0.05, 0.1) is 6.20 Å². The second-order valence-corrected chi connectivity index (χ2v) is 4.17. The fourth-order valence-corrected chi connectivity index (χ4v) is 2.02. The molecule has 1 aliphatic heterocycles. The first-order valence-electron chi connectivity index (χ1n) is 4.57. The zero-order valence-corrected chi connectivity index (χ0v) is 9.98. The fraction of sp³-hybridized carbons (Fsp3) is 0.625. The maximum Gasteiger partial charge on any atom is 0.267 e. The Morgan fingerprint density at radius 1 is 1.73 bits per heavy atom. The van der Waals surface area contributed by atoms with Crippen LogP contribution in [0.2, 0.25) is 0 Å². The van der Waals surface area contributed by atoms with Gasteiger partial charge in [-0.15, -0.1) is 17.5 Å². The molecule has 1 unspecified atom stereocenters. The number of nitrogens with zero attached hydrogens (tertiary/aromatic N) is 3. The number of nitrogens with one attached hydrogen (secondary N) is 1. The molecule has 0 aliphatic carbocycles. The number of amides is 1. The van der Waals surface area contributed by atoms with E-state index in [1.54, 1.807) is 0 Å². The predicted molar refractivity (Wildman–Crippen MR) is 60.5 cm³/mol. The molecule has 15 heavy (non-hydrogen) atoms. The summed E-state index contributed by atoms with van der Waals surface area (Å²) in [6.07, 6.45) is 1.53. The molecule has 0 saturated carbocycles. The molecule has 84 valence electrons. The number of aromatic nitrogens is 2. The highest BCUT2D eigenvalue weighted by atomic mass is 35.5. The second kappa shape index (κ2) is 5.39. The molecule has 0 spiro atoms. The van der Waals surface area contributed by atoms with Crippen LogP contribution in [0.1, 0.15) is 16.6 Å². The first-order valence-corrected chi connectivity index (χ1v) is 5.34. The van der Waals surface area contributed by atoms with Crippen LogP contribution in [-0.4, -0.2) is 46.1 Å². The van der Waals surface area contributed by atoms with Crippen molar-refractivity contribution in [2.24, 2.45) is 0 Å². The number of halogens is 1. The highest BCUT2D eigenvalue weighted by Gasteiger charge is 2.22. The summed E-state index contributed by atoms with van der Waals surface area (Å²) in [5, 5.41) is 6.95. The predicted octanol–water partition coefficient (Wildman–Crippen LogP) is 0.394. The van der Waals surface area contributed by atoms with Crippen molar-refractivity contribution in [2.75, 3.05) is 19.6 Å². The quantitative estimate of drug-likeness (QED) is 0.782. The summed E-state index contributed by atoms with van der Waals surface area (Å²) >= 11 is 1.15. The monoisotopic (exact) mass is 248 g/mol. The van der Waals surface area contributed by atoms with Crippen LogP contribution in [0.4, 0.5) is 0 Å². The van der Waals surface area contributed by atoms with Gasteiger partial charge in [-0.25, -0.2) is 0 Å². The second-order valence-electron chi connectivity index (χ2n) is 3.39. The highest BCUT2D eigenvalue weighted by molar-refractivity contribution is 7.07. The normalized spacial score (nSPS) is 20.9. The van der Waals surface area contributed by atoms with Gasteiger partial charge >= 0.3 is 0 Å². The largest absolute Gasteiger partial charge is 0.335 e. The number of rotatable bonds is 1. The number of piperazine rings is 1. The molecule has 5 nitrogen and oxygen atoms in total. The summed E-state index contributed by atoms with van der Waals surface area (Å²) in [6.45, 7) is 4.46. The lowest BCUT2D eigenvalue weighted by Gasteiger charge is -2.31. The standard InChI is InChI=1S/C8H12N4OS.ClH/c1-6-5-12(3-2-9-6)8(13)7-4-10-11-14-7;/h4,6,9H,2-3,5H2,1H3;1H. The van der Waals surface area contributed by atoms with Crippen molar-refractivity contribution in [1.29, 1.82) is 0 Å². The molecule has 1 fully saturated rings. The van der Waals surface area contributed by atoms with Crippen molar-refractivity contribution in [3.05, 3.63) is 11.1 Å². The van der Waals surface area contributed by atoms with Gasteiger partial charge in [-0.3, -0.25) is 4.79 Å². The van der Waals surface area contributed by atoms with E-state index in [9.17, 15) is 4.79 Å². The lowest BCUT2D eigenvalue weighted by molar-refractivity contribution is 0.0714. The lowest BCUT2D eigenvalue weighted by atomic mass is 10.2. The van der Waals surface area contributed by atoms with Crippen LogP contribution in [0.3, 0.4) is 0 Å². The minimum absolute atomic E-state index is 0. The zero-order valence-electron chi connectivity index (χ0n) is 8.34. The zero-order chi connectivity index (χ0) is 9.97. The molecule has 0 radical (unpaired) electrons. The van der Waals surface area contributed by atoms with Gasteiger partial charge in [0, 0.05) is 25.7 Å². The number of hydrogen-bond acceptors (Lipinski definition) is 5. The van der Waals surface area contributed by atoms with Crippen LogP contribution in [0.15, 0.2) is 6.20 Å². The molecule has 2 rings (SSSR count). The minimum atomic E-state index is 0. The number of hydrogen-bond donors (Lipinski definition) is 1. The van der Waals surface area contributed by atoms with Gasteiger partial charge in [0.15, 0.2) is 0 Å². The van der Waals surface area contributed by atoms with Gasteiger partial charge in [-0.2, -0.15) is 0 Å². The summed E-state index contributed by atoms with van der Waals surface area (Å²) in [5.74, 6) is 0.0494. The van der Waals surface area contributed by atoms with Gasteiger partial charge in [0.25, 0.3) is 5.91 Å². The van der Waals surface area contributed by atoms with Gasteiger partial charge in [-0.1, -0.05) is 4.49 Å². The van der Waals surface area contributed by atoms with Crippen molar-refractivity contribution < 1.29 is 4.79 Å². The molecule has 1 aromatic heterocycles. The maximum atomic E-state index is 11.8. The summed E-state index contributed by atoms with van der Waals surface area (Å²) in [5.41, 5.74) is 0. The molecule has 1 amide bonds. The van der Waals surface area contributed by atoms with Gasteiger partial charge < -0.3 is 10.2 Å². The van der Waals surface area contributed by atoms with Crippen molar-refractivity contribution >= 4 is 29.8 Å². The molecule has 7 heteroatoms. The molecule has 0 aromatic carbocycles. The Balaban J connectivity index is 0.00000112. The Morgan fingerprint density at radius 3 is 3.13 bits per heavy atom. The highest BCUT2D eigenvalue weighted by Crippen LogP contribution is 2.09. The van der Waals surface area contributed by atoms with Crippen LogP contribution in [-0.2, 0) is 0 Å². The molecule has 2 heterocycles. The third-order valence-electron chi connectivity index (χ3n) is 2.23. The average molecular weight is 249 g/mol. The molecular weight excluding hydrogens is 236 g/mol. The third kappa shape index (κ3) is 2.87. The maximum absolute atomic E-state index is 11.8. The van der Waals surface area contributed by atoms with E-state index in [-0.39, 0.29) is 18.3 Å². The molecule has 1 aromatic rings. The van der Waals surface area contributed by atoms with E-state index in [1.165, 1.54) is 6.20 Å². The topological polar surface area (TPSA) is 58.1 Å². The van der Waals surface area contributed by atoms with Crippen molar-refractivity contribution in [3.8, 4) is 0 Å². The summed E-state index contributed by atoms with van der Waals surface area (Å²) in [7, 11) is 0. The van der Waals surface area contributed by atoms with Crippen molar-refractivity contribution in [1.82, 2.24) is 19.8 Å². The van der Waals surface area contributed by atoms with Gasteiger partial charge in [0.2, 0.25) is 0 Å². The molecule has 0 bridgehead atoms. The van der Waals surface area contributed by atoms with E-state index in [0.29, 0.717) is 10.9 Å². The third-order valence-corrected chi connectivity index (χ3v) is 2.88. The summed E-state index contributed by atoms with van der Waals surface area (Å²) in [6, 6.07) is 0.369. The van der Waals surface area contributed by atoms with E-state index in [2.05, 4.69) is 21.8 Å². The molecular formula is C8H13ClN4OS. The van der Waals surface area contributed by atoms with Crippen molar-refractivity contribution in [3.63, 3.8) is 0 Å². The Labute approximate surface area is 98.4 Å². The summed E-state index contributed by atoms with van der Waals surface area (Å²) in [4.78, 5) is 14.3. The number of carbonyl (C=O) groups is 1. The van der Waals surface area contributed by atoms with Crippen LogP contribution in [0.5, 0.6) is 0 Å². The van der Waals surface area contributed by atoms with E-state index >= 15 is 0 Å². The molecule has 1 atom stereocenters. The van der Waals surface area contributed by atoms with Crippen LogP contribution in [0.25, 0.3) is 0 Å². The average Bonchev–Trinajstić information content (AvgIpc) is 2.69. The van der Waals surface area contributed by atoms with E-state index in [1.807, 2.05) is 4.90 Å². The number of carbonyl (C=O) groups excluding carboxylic acids is 1. The van der Waals surface area contributed by atoms with Crippen LogP contribution < -0.4 is 5.32 Å². The Kier molecular flexibility index (Phi) is 4.44. The molecule has 1 aliphatic rings. The van der Waals surface area contributed by atoms with Crippen LogP contribution in [0, 0.1) is 0 Å². The van der Waals surface area contributed by atoms with Gasteiger partial charge in [-0.05, 0) is 18.5 Å². The Morgan fingerprint density at radius 2 is 2.53 bits per heavy atom. The van der Waals surface area contributed by atoms with E-state index in [4.69, 9.17) is 0 Å². The first kappa shape index (κ1) is 12.4. The first-order chi connectivity index (χ1) is 6.77. The Hall–Kier alpha value is -0.720. The van der Waals surface area contributed by atoms with Gasteiger partial charge in [0.1, 0.15) is 4.88 Å². The molecule has 1 N–H and O–H groups in total. The van der Waals surface area contributed by atoms with Crippen LogP contribution >= 0.6 is 23.9 Å². The van der Waals surface area contributed by atoms with Crippen molar-refractivity contribution in [2.45, 2.75) is 13.0 Å². The smallest absolute Gasteiger partial charge is 0.267 e. The minimum Gasteiger partial charge on any atom is -0.335 e. The van der Waals surface area contributed by atoms with E-state index < -0.39 is 0 Å². The SMILES string of the molecule is CC1CN(C(=O)c2cnns2)CCN1.Cl. The summed E-state index contributed by atoms with van der Waals surface area (Å²) < 4.78 is 3.69. The molecule has 1 saturated heterocycles. The Bertz CT molecular complexity index is 318.